The maximum atomic E-state index is 12.9. The van der Waals surface area contributed by atoms with Gasteiger partial charge < -0.3 is 9.26 Å². The second-order valence-electron chi connectivity index (χ2n) is 5.91. The highest BCUT2D eigenvalue weighted by atomic mass is 32.2. The van der Waals surface area contributed by atoms with Crippen LogP contribution < -0.4 is 9.46 Å². The molecule has 0 radical (unpaired) electrons. The van der Waals surface area contributed by atoms with E-state index in [2.05, 4.69) is 14.9 Å². The molecule has 0 unspecified atom stereocenters. The van der Waals surface area contributed by atoms with Crippen molar-refractivity contribution in [2.45, 2.75) is 32.1 Å². The molecule has 1 aromatic heterocycles. The minimum atomic E-state index is -3.78. The lowest BCUT2D eigenvalue weighted by molar-refractivity contribution is 0.340. The van der Waals surface area contributed by atoms with Crippen LogP contribution in [0.1, 0.15) is 25.3 Å². The van der Waals surface area contributed by atoms with Crippen molar-refractivity contribution in [3.8, 4) is 17.1 Å². The molecule has 0 atom stereocenters. The minimum Gasteiger partial charge on any atom is -0.494 e. The molecule has 1 N–H and O–H groups in total. The SMILES string of the molecule is CCOc1ccc(NS(=O)(=O)c2cc(-c3noc(CC)n3)ccc2C)cc1. The lowest BCUT2D eigenvalue weighted by Gasteiger charge is -2.12. The first kappa shape index (κ1) is 18.9. The monoisotopic (exact) mass is 387 g/mol. The first-order valence-electron chi connectivity index (χ1n) is 8.62. The van der Waals surface area contributed by atoms with Crippen LogP contribution in [0.5, 0.6) is 5.75 Å². The van der Waals surface area contributed by atoms with Crippen molar-refractivity contribution in [3.63, 3.8) is 0 Å². The van der Waals surface area contributed by atoms with Gasteiger partial charge in [0.25, 0.3) is 10.0 Å². The number of nitrogens with one attached hydrogen (secondary N) is 1. The summed E-state index contributed by atoms with van der Waals surface area (Å²) in [7, 11) is -3.78. The summed E-state index contributed by atoms with van der Waals surface area (Å²) in [6.07, 6.45) is 0.614. The summed E-state index contributed by atoms with van der Waals surface area (Å²) < 4.78 is 38.8. The predicted molar refractivity (Wildman–Crippen MR) is 102 cm³/mol. The number of hydrogen-bond acceptors (Lipinski definition) is 6. The van der Waals surface area contributed by atoms with E-state index in [4.69, 9.17) is 9.26 Å². The van der Waals surface area contributed by atoms with Gasteiger partial charge in [0.15, 0.2) is 0 Å². The Kier molecular flexibility index (Phi) is 5.46. The summed E-state index contributed by atoms with van der Waals surface area (Å²) in [5.41, 5.74) is 1.66. The molecule has 0 spiro atoms. The van der Waals surface area contributed by atoms with Crippen molar-refractivity contribution in [3.05, 3.63) is 53.9 Å². The Morgan fingerprint density at radius 1 is 1.11 bits per heavy atom. The van der Waals surface area contributed by atoms with E-state index in [0.717, 1.165) is 0 Å². The van der Waals surface area contributed by atoms with Gasteiger partial charge in [-0.05, 0) is 49.7 Å². The second-order valence-corrected chi connectivity index (χ2v) is 7.56. The van der Waals surface area contributed by atoms with E-state index in [1.54, 1.807) is 49.4 Å². The van der Waals surface area contributed by atoms with E-state index >= 15 is 0 Å². The molecule has 7 nitrogen and oxygen atoms in total. The zero-order valence-corrected chi connectivity index (χ0v) is 16.2. The third-order valence-corrected chi connectivity index (χ3v) is 5.45. The number of aromatic nitrogens is 2. The average Bonchev–Trinajstić information content (AvgIpc) is 3.13. The van der Waals surface area contributed by atoms with E-state index < -0.39 is 10.0 Å². The topological polar surface area (TPSA) is 94.3 Å². The summed E-state index contributed by atoms with van der Waals surface area (Å²) in [6.45, 7) is 6.08. The molecule has 0 amide bonds. The van der Waals surface area contributed by atoms with Crippen LogP contribution in [-0.4, -0.2) is 25.2 Å². The molecule has 2 aromatic carbocycles. The number of anilines is 1. The molecule has 27 heavy (non-hydrogen) atoms. The Balaban J connectivity index is 1.90. The highest BCUT2D eigenvalue weighted by Gasteiger charge is 2.19. The highest BCUT2D eigenvalue weighted by molar-refractivity contribution is 7.92. The Hall–Kier alpha value is -2.87. The van der Waals surface area contributed by atoms with Crippen molar-refractivity contribution < 1.29 is 17.7 Å². The Morgan fingerprint density at radius 2 is 1.85 bits per heavy atom. The third kappa shape index (κ3) is 4.28. The number of benzene rings is 2. The zero-order valence-electron chi connectivity index (χ0n) is 15.4. The smallest absolute Gasteiger partial charge is 0.262 e. The molecule has 3 aromatic rings. The minimum absolute atomic E-state index is 0.164. The van der Waals surface area contributed by atoms with Gasteiger partial charge in [0.2, 0.25) is 11.7 Å². The van der Waals surface area contributed by atoms with Gasteiger partial charge in [-0.3, -0.25) is 4.72 Å². The molecule has 142 valence electrons. The van der Waals surface area contributed by atoms with Crippen molar-refractivity contribution >= 4 is 15.7 Å². The van der Waals surface area contributed by atoms with Crippen LogP contribution in [0, 0.1) is 6.92 Å². The molecule has 1 heterocycles. The summed E-state index contributed by atoms with van der Waals surface area (Å²) in [5.74, 6) is 1.55. The van der Waals surface area contributed by atoms with Gasteiger partial charge in [-0.2, -0.15) is 4.98 Å². The second kappa shape index (κ2) is 7.79. The van der Waals surface area contributed by atoms with E-state index in [0.29, 0.717) is 47.3 Å². The predicted octanol–water partition coefficient (Wildman–Crippen LogP) is 3.81. The standard InChI is InChI=1S/C19H21N3O4S/c1-4-18-20-19(21-26-18)14-7-6-13(3)17(12-14)27(23,24)22-15-8-10-16(11-9-15)25-5-2/h6-12,22H,4-5H2,1-3H3. The summed E-state index contributed by atoms with van der Waals surface area (Å²) in [5, 5.41) is 3.91. The molecule has 0 bridgehead atoms. The van der Waals surface area contributed by atoms with Crippen molar-refractivity contribution in [2.75, 3.05) is 11.3 Å². The van der Waals surface area contributed by atoms with Gasteiger partial charge in [0.05, 0.1) is 11.5 Å². The van der Waals surface area contributed by atoms with Crippen LogP contribution >= 0.6 is 0 Å². The van der Waals surface area contributed by atoms with E-state index in [9.17, 15) is 8.42 Å². The lowest BCUT2D eigenvalue weighted by Crippen LogP contribution is -2.14. The number of hydrogen-bond donors (Lipinski definition) is 1. The largest absolute Gasteiger partial charge is 0.494 e. The quantitative estimate of drug-likeness (QED) is 0.662. The van der Waals surface area contributed by atoms with Crippen LogP contribution in [0.2, 0.25) is 0 Å². The molecule has 3 rings (SSSR count). The maximum Gasteiger partial charge on any atom is 0.262 e. The van der Waals surface area contributed by atoms with E-state index in [1.807, 2.05) is 13.8 Å². The Morgan fingerprint density at radius 3 is 2.48 bits per heavy atom. The van der Waals surface area contributed by atoms with Gasteiger partial charge in [0, 0.05) is 17.7 Å². The number of sulfonamides is 1. The van der Waals surface area contributed by atoms with E-state index in [-0.39, 0.29) is 4.90 Å². The van der Waals surface area contributed by atoms with Crippen LogP contribution in [0.4, 0.5) is 5.69 Å². The molecule has 0 fully saturated rings. The van der Waals surface area contributed by atoms with E-state index in [1.165, 1.54) is 0 Å². The van der Waals surface area contributed by atoms with Crippen LogP contribution in [0.15, 0.2) is 51.9 Å². The fraction of sp³-hybridized carbons (Fsp3) is 0.263. The normalized spacial score (nSPS) is 11.4. The van der Waals surface area contributed by atoms with Crippen LogP contribution in [0.3, 0.4) is 0 Å². The van der Waals surface area contributed by atoms with Gasteiger partial charge in [-0.15, -0.1) is 0 Å². The summed E-state index contributed by atoms with van der Waals surface area (Å²) in [6, 6.07) is 11.8. The molecular weight excluding hydrogens is 366 g/mol. The molecule has 8 heteroatoms. The summed E-state index contributed by atoms with van der Waals surface area (Å²) in [4.78, 5) is 4.42. The molecule has 0 saturated carbocycles. The van der Waals surface area contributed by atoms with Crippen LogP contribution in [0.25, 0.3) is 11.4 Å². The van der Waals surface area contributed by atoms with Gasteiger partial charge >= 0.3 is 0 Å². The summed E-state index contributed by atoms with van der Waals surface area (Å²) >= 11 is 0. The first-order chi connectivity index (χ1) is 12.9. The maximum absolute atomic E-state index is 12.9. The molecule has 0 aliphatic rings. The fourth-order valence-corrected chi connectivity index (χ4v) is 3.87. The third-order valence-electron chi connectivity index (χ3n) is 3.92. The zero-order chi connectivity index (χ0) is 19.4. The highest BCUT2D eigenvalue weighted by Crippen LogP contribution is 2.26. The molecular formula is C19H21N3O4S. The average molecular weight is 387 g/mol. The van der Waals surface area contributed by atoms with Gasteiger partial charge in [0.1, 0.15) is 5.75 Å². The fourth-order valence-electron chi connectivity index (χ4n) is 2.54. The molecule has 0 saturated heterocycles. The van der Waals surface area contributed by atoms with Gasteiger partial charge in [-0.25, -0.2) is 8.42 Å². The number of ether oxygens (including phenoxy) is 1. The lowest BCUT2D eigenvalue weighted by atomic mass is 10.1. The number of rotatable bonds is 7. The van der Waals surface area contributed by atoms with Gasteiger partial charge in [-0.1, -0.05) is 24.2 Å². The Bertz CT molecular complexity index is 1030. The first-order valence-corrected chi connectivity index (χ1v) is 10.1. The molecule has 0 aliphatic carbocycles. The van der Waals surface area contributed by atoms with Crippen LogP contribution in [-0.2, 0) is 16.4 Å². The molecule has 0 aliphatic heterocycles. The number of aryl methyl sites for hydroxylation is 2. The van der Waals surface area contributed by atoms with Crippen molar-refractivity contribution in [1.29, 1.82) is 0 Å². The Labute approximate surface area is 158 Å². The number of nitrogens with zero attached hydrogens (tertiary/aromatic N) is 2. The van der Waals surface area contributed by atoms with Crippen molar-refractivity contribution in [2.24, 2.45) is 0 Å². The van der Waals surface area contributed by atoms with Crippen molar-refractivity contribution in [1.82, 2.24) is 10.1 Å².